The lowest BCUT2D eigenvalue weighted by molar-refractivity contribution is -0.155. The van der Waals surface area contributed by atoms with Crippen molar-refractivity contribution >= 4 is 50.7 Å². The van der Waals surface area contributed by atoms with Crippen LogP contribution in [0.4, 0.5) is 0 Å². The monoisotopic (exact) mass is 517 g/mol. The highest BCUT2D eigenvalue weighted by Crippen LogP contribution is 2.33. The standard InChI is InChI=1S/C25H21Cl2NO5S/c1-25(23(29)30,12-13-31-15-16-2-4-17(26)5-3-16)33-20-9-7-19(8-10-20)32-24-28-21-11-6-18(27)14-22(21)34-24/h2-11,14H,12-13,15H2,1H3,(H,29,30). The Kier molecular flexibility index (Phi) is 7.58. The van der Waals surface area contributed by atoms with Crippen LogP contribution in [0.25, 0.3) is 10.2 Å². The molecule has 0 fully saturated rings. The summed E-state index contributed by atoms with van der Waals surface area (Å²) in [6.07, 6.45) is 0.169. The predicted molar refractivity (Wildman–Crippen MR) is 134 cm³/mol. The highest BCUT2D eigenvalue weighted by Gasteiger charge is 2.35. The van der Waals surface area contributed by atoms with Gasteiger partial charge in [0, 0.05) is 16.5 Å². The second kappa shape index (κ2) is 10.6. The van der Waals surface area contributed by atoms with Gasteiger partial charge in [-0.1, -0.05) is 46.7 Å². The van der Waals surface area contributed by atoms with Crippen molar-refractivity contribution in [3.05, 3.63) is 82.3 Å². The molecule has 1 heterocycles. The summed E-state index contributed by atoms with van der Waals surface area (Å²) in [4.78, 5) is 16.3. The fourth-order valence-electron chi connectivity index (χ4n) is 3.10. The molecule has 4 aromatic rings. The summed E-state index contributed by atoms with van der Waals surface area (Å²) in [5.41, 5.74) is 0.309. The molecule has 1 aromatic heterocycles. The van der Waals surface area contributed by atoms with Crippen LogP contribution in [0.3, 0.4) is 0 Å². The maximum absolute atomic E-state index is 11.9. The van der Waals surface area contributed by atoms with E-state index in [9.17, 15) is 9.90 Å². The van der Waals surface area contributed by atoms with Gasteiger partial charge in [-0.3, -0.25) is 0 Å². The van der Waals surface area contributed by atoms with Crippen molar-refractivity contribution in [3.8, 4) is 16.7 Å². The molecule has 0 aliphatic carbocycles. The lowest BCUT2D eigenvalue weighted by Crippen LogP contribution is -2.42. The highest BCUT2D eigenvalue weighted by molar-refractivity contribution is 7.20. The first-order valence-electron chi connectivity index (χ1n) is 10.4. The highest BCUT2D eigenvalue weighted by atomic mass is 35.5. The zero-order valence-electron chi connectivity index (χ0n) is 18.2. The Hall–Kier alpha value is -2.84. The number of benzene rings is 3. The quantitative estimate of drug-likeness (QED) is 0.223. The summed E-state index contributed by atoms with van der Waals surface area (Å²) in [5.74, 6) is -0.108. The number of rotatable bonds is 10. The number of ether oxygens (including phenoxy) is 3. The van der Waals surface area contributed by atoms with E-state index < -0.39 is 11.6 Å². The second-order valence-corrected chi connectivity index (χ2v) is 9.60. The van der Waals surface area contributed by atoms with Gasteiger partial charge in [-0.25, -0.2) is 9.78 Å². The van der Waals surface area contributed by atoms with E-state index in [4.69, 9.17) is 37.4 Å². The van der Waals surface area contributed by atoms with Crippen LogP contribution in [0.2, 0.25) is 10.0 Å². The third-order valence-electron chi connectivity index (χ3n) is 5.06. The second-order valence-electron chi connectivity index (χ2n) is 7.73. The number of carboxylic acids is 1. The Labute approximate surface area is 210 Å². The van der Waals surface area contributed by atoms with Crippen molar-refractivity contribution in [1.82, 2.24) is 4.98 Å². The van der Waals surface area contributed by atoms with Crippen molar-refractivity contribution < 1.29 is 24.1 Å². The molecule has 0 aliphatic rings. The van der Waals surface area contributed by atoms with Crippen LogP contribution >= 0.6 is 34.5 Å². The topological polar surface area (TPSA) is 77.9 Å². The maximum Gasteiger partial charge on any atom is 0.347 e. The zero-order valence-corrected chi connectivity index (χ0v) is 20.5. The molecule has 176 valence electrons. The van der Waals surface area contributed by atoms with Crippen LogP contribution in [-0.4, -0.2) is 28.3 Å². The van der Waals surface area contributed by atoms with Crippen molar-refractivity contribution in [2.45, 2.75) is 25.6 Å². The van der Waals surface area contributed by atoms with Gasteiger partial charge in [-0.05, 0) is 67.1 Å². The number of carbonyl (C=O) groups is 1. The van der Waals surface area contributed by atoms with Gasteiger partial charge in [0.25, 0.3) is 5.19 Å². The number of aliphatic carboxylic acids is 1. The number of aromatic nitrogens is 1. The summed E-state index contributed by atoms with van der Waals surface area (Å²) in [5, 5.41) is 11.5. The van der Waals surface area contributed by atoms with Crippen LogP contribution in [0.15, 0.2) is 66.7 Å². The van der Waals surface area contributed by atoms with E-state index in [1.807, 2.05) is 24.3 Å². The SMILES string of the molecule is CC(CCOCc1ccc(Cl)cc1)(Oc1ccc(Oc2nc3ccc(Cl)cc3s2)cc1)C(=O)O. The van der Waals surface area contributed by atoms with Crippen molar-refractivity contribution in [1.29, 1.82) is 0 Å². The minimum Gasteiger partial charge on any atom is -0.478 e. The first-order chi connectivity index (χ1) is 16.3. The molecule has 0 bridgehead atoms. The van der Waals surface area contributed by atoms with Crippen molar-refractivity contribution in [2.75, 3.05) is 6.61 Å². The van der Waals surface area contributed by atoms with Gasteiger partial charge in [-0.2, -0.15) is 0 Å². The Balaban J connectivity index is 1.34. The molecule has 0 aliphatic heterocycles. The number of thiazole rings is 1. The lowest BCUT2D eigenvalue weighted by Gasteiger charge is -2.26. The summed E-state index contributed by atoms with van der Waals surface area (Å²) in [6, 6.07) is 19.5. The van der Waals surface area contributed by atoms with Crippen LogP contribution in [-0.2, 0) is 16.1 Å². The van der Waals surface area contributed by atoms with Crippen molar-refractivity contribution in [2.24, 2.45) is 0 Å². The largest absolute Gasteiger partial charge is 0.478 e. The van der Waals surface area contributed by atoms with E-state index in [2.05, 4.69) is 4.98 Å². The van der Waals surface area contributed by atoms with Gasteiger partial charge in [-0.15, -0.1) is 0 Å². The van der Waals surface area contributed by atoms with E-state index in [-0.39, 0.29) is 13.0 Å². The van der Waals surface area contributed by atoms with Crippen LogP contribution in [0, 0.1) is 0 Å². The van der Waals surface area contributed by atoms with Gasteiger partial charge in [0.1, 0.15) is 11.5 Å². The molecule has 1 N–H and O–H groups in total. The first kappa shape index (κ1) is 24.3. The minimum absolute atomic E-state index is 0.169. The van der Waals surface area contributed by atoms with Crippen LogP contribution in [0.1, 0.15) is 18.9 Å². The number of nitrogens with zero attached hydrogens (tertiary/aromatic N) is 1. The Morgan fingerprint density at radius 2 is 1.68 bits per heavy atom. The van der Waals surface area contributed by atoms with E-state index in [0.717, 1.165) is 15.8 Å². The molecule has 0 radical (unpaired) electrons. The maximum atomic E-state index is 11.9. The van der Waals surface area contributed by atoms with Crippen LogP contribution in [0.5, 0.6) is 16.7 Å². The predicted octanol–water partition coefficient (Wildman–Crippen LogP) is 7.22. The molecule has 1 unspecified atom stereocenters. The average Bonchev–Trinajstić information content (AvgIpc) is 3.20. The molecule has 9 heteroatoms. The molecular formula is C25H21Cl2NO5S. The summed E-state index contributed by atoms with van der Waals surface area (Å²) in [6.45, 7) is 2.10. The number of carboxylic acid groups (broad SMARTS) is 1. The molecule has 0 saturated heterocycles. The molecule has 0 saturated carbocycles. The Bertz CT molecular complexity index is 1280. The normalized spacial score (nSPS) is 12.9. The van der Waals surface area contributed by atoms with Gasteiger partial charge < -0.3 is 19.3 Å². The molecule has 3 aromatic carbocycles. The number of hydrogen-bond acceptors (Lipinski definition) is 6. The fraction of sp³-hybridized carbons (Fsp3) is 0.200. The van der Waals surface area contributed by atoms with E-state index in [0.29, 0.717) is 33.3 Å². The molecule has 0 spiro atoms. The number of fused-ring (bicyclic) bond motifs is 1. The van der Waals surface area contributed by atoms with E-state index in [1.54, 1.807) is 42.5 Å². The van der Waals surface area contributed by atoms with E-state index >= 15 is 0 Å². The van der Waals surface area contributed by atoms with Gasteiger partial charge in [0.05, 0.1) is 23.4 Å². The third-order valence-corrected chi connectivity index (χ3v) is 6.44. The average molecular weight is 518 g/mol. The summed E-state index contributed by atoms with van der Waals surface area (Å²) < 4.78 is 18.2. The van der Waals surface area contributed by atoms with Crippen molar-refractivity contribution in [3.63, 3.8) is 0 Å². The molecule has 4 rings (SSSR count). The molecule has 6 nitrogen and oxygen atoms in total. The third kappa shape index (κ3) is 6.18. The summed E-state index contributed by atoms with van der Waals surface area (Å²) in [7, 11) is 0. The molecular weight excluding hydrogens is 497 g/mol. The Morgan fingerprint density at radius 3 is 2.38 bits per heavy atom. The van der Waals surface area contributed by atoms with E-state index in [1.165, 1.54) is 18.3 Å². The van der Waals surface area contributed by atoms with Gasteiger partial charge in [0.2, 0.25) is 5.60 Å². The molecule has 1 atom stereocenters. The number of hydrogen-bond donors (Lipinski definition) is 1. The number of halogens is 2. The first-order valence-corrected chi connectivity index (χ1v) is 12.0. The van der Waals surface area contributed by atoms with Gasteiger partial charge in [0.15, 0.2) is 0 Å². The van der Waals surface area contributed by atoms with Crippen LogP contribution < -0.4 is 9.47 Å². The Morgan fingerprint density at radius 1 is 1.00 bits per heavy atom. The zero-order chi connectivity index (χ0) is 24.1. The summed E-state index contributed by atoms with van der Waals surface area (Å²) >= 11 is 13.3. The lowest BCUT2D eigenvalue weighted by atomic mass is 10.0. The molecule has 34 heavy (non-hydrogen) atoms. The smallest absolute Gasteiger partial charge is 0.347 e. The minimum atomic E-state index is -1.45. The van der Waals surface area contributed by atoms with Gasteiger partial charge >= 0.3 is 5.97 Å². The molecule has 0 amide bonds. The fourth-order valence-corrected chi connectivity index (χ4v) is 4.33.